The zero-order valence-electron chi connectivity index (χ0n) is 15.7. The fourth-order valence-electron chi connectivity index (χ4n) is 4.20. The molecule has 2 aliphatic rings. The summed E-state index contributed by atoms with van der Waals surface area (Å²) in [6.07, 6.45) is 4.62. The Hall–Kier alpha value is -2.53. The number of nitrogens with one attached hydrogen (secondary N) is 2. The second-order valence-electron chi connectivity index (χ2n) is 7.56. The molecular formula is C22H26ClN3O2. The number of para-hydroxylation sites is 1. The molecule has 0 saturated heterocycles. The Kier molecular flexibility index (Phi) is 6.25. The molecule has 2 aromatic rings. The number of hydrogen-bond acceptors (Lipinski definition) is 3. The van der Waals surface area contributed by atoms with Crippen molar-refractivity contribution in [1.29, 1.82) is 0 Å². The number of carbonyl (C=O) groups excluding carboxylic acids is 2. The molecule has 148 valence electrons. The van der Waals surface area contributed by atoms with Crippen LogP contribution in [-0.2, 0) is 22.4 Å². The first-order valence-electron chi connectivity index (χ1n) is 9.66. The number of carbonyl (C=O) groups is 2. The number of amides is 2. The van der Waals surface area contributed by atoms with Crippen LogP contribution in [0.2, 0.25) is 0 Å². The zero-order chi connectivity index (χ0) is 18.8. The third-order valence-electron chi connectivity index (χ3n) is 5.65. The van der Waals surface area contributed by atoms with Crippen LogP contribution in [0.4, 0.5) is 11.4 Å². The highest BCUT2D eigenvalue weighted by Crippen LogP contribution is 2.31. The standard InChI is InChI=1S/C22H25N3O2.ClH/c23-17-9-10-18-14(13-17)5-3-7-20(18)24-21(26)11-8-16-12-15-4-1-2-6-19(15)25-22(16)27;/h1-2,4,6,9-10,13,16,20H,3,5,7-8,11-12,23H2,(H,24,26)(H,25,27);1H. The summed E-state index contributed by atoms with van der Waals surface area (Å²) < 4.78 is 0. The van der Waals surface area contributed by atoms with E-state index in [2.05, 4.69) is 10.6 Å². The maximum absolute atomic E-state index is 12.5. The number of nitrogens with two attached hydrogens (primary N) is 1. The SMILES string of the molecule is Cl.Nc1ccc2c(c1)CCCC2NC(=O)CCC1Cc2ccccc2NC1=O. The number of halogens is 1. The number of aryl methyl sites for hydroxylation is 1. The minimum Gasteiger partial charge on any atom is -0.399 e. The van der Waals surface area contributed by atoms with E-state index in [1.807, 2.05) is 42.5 Å². The number of benzene rings is 2. The van der Waals surface area contributed by atoms with Crippen LogP contribution in [-0.4, -0.2) is 11.8 Å². The molecule has 4 N–H and O–H groups in total. The molecule has 1 aliphatic heterocycles. The van der Waals surface area contributed by atoms with E-state index in [-0.39, 0.29) is 36.2 Å². The van der Waals surface area contributed by atoms with Crippen LogP contribution in [0.1, 0.15) is 48.4 Å². The lowest BCUT2D eigenvalue weighted by atomic mass is 9.87. The van der Waals surface area contributed by atoms with Crippen LogP contribution in [0.25, 0.3) is 0 Å². The monoisotopic (exact) mass is 399 g/mol. The molecule has 1 heterocycles. The van der Waals surface area contributed by atoms with Crippen molar-refractivity contribution in [2.45, 2.75) is 44.6 Å². The van der Waals surface area contributed by atoms with Gasteiger partial charge in [0.2, 0.25) is 11.8 Å². The molecule has 1 aliphatic carbocycles. The van der Waals surface area contributed by atoms with Crippen molar-refractivity contribution in [2.75, 3.05) is 11.1 Å². The molecule has 2 aromatic carbocycles. The van der Waals surface area contributed by atoms with Gasteiger partial charge in [0.25, 0.3) is 0 Å². The van der Waals surface area contributed by atoms with Gasteiger partial charge in [0.15, 0.2) is 0 Å². The van der Waals surface area contributed by atoms with Gasteiger partial charge in [-0.3, -0.25) is 9.59 Å². The van der Waals surface area contributed by atoms with Crippen molar-refractivity contribution in [2.24, 2.45) is 5.92 Å². The second-order valence-corrected chi connectivity index (χ2v) is 7.56. The van der Waals surface area contributed by atoms with Gasteiger partial charge in [0.1, 0.15) is 0 Å². The Labute approximate surface area is 171 Å². The number of rotatable bonds is 4. The fraction of sp³-hybridized carbons (Fsp3) is 0.364. The molecule has 0 saturated carbocycles. The lowest BCUT2D eigenvalue weighted by Crippen LogP contribution is -2.33. The smallest absolute Gasteiger partial charge is 0.227 e. The van der Waals surface area contributed by atoms with Crippen LogP contribution in [0.15, 0.2) is 42.5 Å². The molecule has 4 rings (SSSR count). The number of anilines is 2. The first-order valence-corrected chi connectivity index (χ1v) is 9.66. The highest BCUT2D eigenvalue weighted by Gasteiger charge is 2.27. The van der Waals surface area contributed by atoms with Gasteiger partial charge in [0, 0.05) is 23.7 Å². The predicted octanol–water partition coefficient (Wildman–Crippen LogP) is 3.78. The quantitative estimate of drug-likeness (QED) is 0.684. The van der Waals surface area contributed by atoms with Crippen molar-refractivity contribution in [1.82, 2.24) is 5.32 Å². The zero-order valence-corrected chi connectivity index (χ0v) is 16.6. The van der Waals surface area contributed by atoms with Crippen LogP contribution in [0.5, 0.6) is 0 Å². The molecule has 0 radical (unpaired) electrons. The van der Waals surface area contributed by atoms with Crippen LogP contribution >= 0.6 is 12.4 Å². The minimum absolute atomic E-state index is 0. The first kappa shape index (κ1) is 20.2. The number of hydrogen-bond donors (Lipinski definition) is 3. The first-order chi connectivity index (χ1) is 13.1. The van der Waals surface area contributed by atoms with E-state index >= 15 is 0 Å². The summed E-state index contributed by atoms with van der Waals surface area (Å²) in [5, 5.41) is 6.11. The van der Waals surface area contributed by atoms with E-state index < -0.39 is 0 Å². The Morgan fingerprint density at radius 2 is 2.00 bits per heavy atom. The summed E-state index contributed by atoms with van der Waals surface area (Å²) in [4.78, 5) is 24.8. The second kappa shape index (κ2) is 8.65. The topological polar surface area (TPSA) is 84.2 Å². The molecule has 6 heteroatoms. The summed E-state index contributed by atoms with van der Waals surface area (Å²) in [5.41, 5.74) is 11.1. The lowest BCUT2D eigenvalue weighted by molar-refractivity contribution is -0.123. The van der Waals surface area contributed by atoms with E-state index in [0.717, 1.165) is 36.2 Å². The normalized spacial score (nSPS) is 20.2. The Morgan fingerprint density at radius 3 is 2.86 bits per heavy atom. The van der Waals surface area contributed by atoms with Crippen LogP contribution in [0, 0.1) is 5.92 Å². The molecule has 28 heavy (non-hydrogen) atoms. The summed E-state index contributed by atoms with van der Waals surface area (Å²) in [7, 11) is 0. The molecule has 5 nitrogen and oxygen atoms in total. The maximum Gasteiger partial charge on any atom is 0.227 e. The summed E-state index contributed by atoms with van der Waals surface area (Å²) in [6, 6.07) is 13.8. The van der Waals surface area contributed by atoms with Crippen molar-refractivity contribution < 1.29 is 9.59 Å². The minimum atomic E-state index is -0.149. The highest BCUT2D eigenvalue weighted by molar-refractivity contribution is 5.96. The molecule has 2 amide bonds. The van der Waals surface area contributed by atoms with Gasteiger partial charge in [-0.1, -0.05) is 24.3 Å². The molecule has 0 fully saturated rings. The van der Waals surface area contributed by atoms with Crippen molar-refractivity contribution in [3.8, 4) is 0 Å². The maximum atomic E-state index is 12.5. The average molecular weight is 400 g/mol. The van der Waals surface area contributed by atoms with Crippen molar-refractivity contribution in [3.63, 3.8) is 0 Å². The summed E-state index contributed by atoms with van der Waals surface area (Å²) in [5.74, 6) is -0.125. The van der Waals surface area contributed by atoms with Crippen molar-refractivity contribution in [3.05, 3.63) is 59.2 Å². The molecule has 0 aromatic heterocycles. The van der Waals surface area contributed by atoms with Gasteiger partial charge in [-0.25, -0.2) is 0 Å². The largest absolute Gasteiger partial charge is 0.399 e. The predicted molar refractivity (Wildman–Crippen MR) is 113 cm³/mol. The molecule has 2 atom stereocenters. The Bertz CT molecular complexity index is 884. The van der Waals surface area contributed by atoms with Gasteiger partial charge in [0.05, 0.1) is 6.04 Å². The van der Waals surface area contributed by atoms with Gasteiger partial charge in [-0.15, -0.1) is 12.4 Å². The van der Waals surface area contributed by atoms with Crippen LogP contribution in [0.3, 0.4) is 0 Å². The van der Waals surface area contributed by atoms with Crippen LogP contribution < -0.4 is 16.4 Å². The third-order valence-corrected chi connectivity index (χ3v) is 5.65. The summed E-state index contributed by atoms with van der Waals surface area (Å²) in [6.45, 7) is 0. The van der Waals surface area contributed by atoms with E-state index in [1.54, 1.807) is 0 Å². The molecule has 0 bridgehead atoms. The lowest BCUT2D eigenvalue weighted by Gasteiger charge is -2.27. The number of nitrogen functional groups attached to an aromatic ring is 1. The van der Waals surface area contributed by atoms with E-state index in [9.17, 15) is 9.59 Å². The third kappa shape index (κ3) is 4.30. The van der Waals surface area contributed by atoms with Gasteiger partial charge >= 0.3 is 0 Å². The Balaban J connectivity index is 0.00000225. The van der Waals surface area contributed by atoms with Gasteiger partial charge in [-0.05, 0) is 67.0 Å². The van der Waals surface area contributed by atoms with Gasteiger partial charge in [-0.2, -0.15) is 0 Å². The average Bonchev–Trinajstić information content (AvgIpc) is 2.66. The van der Waals surface area contributed by atoms with E-state index in [4.69, 9.17) is 5.73 Å². The summed E-state index contributed by atoms with van der Waals surface area (Å²) >= 11 is 0. The highest BCUT2D eigenvalue weighted by atomic mass is 35.5. The molecule has 2 unspecified atom stereocenters. The van der Waals surface area contributed by atoms with E-state index in [0.29, 0.717) is 19.3 Å². The van der Waals surface area contributed by atoms with Gasteiger partial charge < -0.3 is 16.4 Å². The van der Waals surface area contributed by atoms with Crippen molar-refractivity contribution >= 4 is 35.6 Å². The molecule has 0 spiro atoms. The fourth-order valence-corrected chi connectivity index (χ4v) is 4.20. The molecular weight excluding hydrogens is 374 g/mol. The Morgan fingerprint density at radius 1 is 1.18 bits per heavy atom. The van der Waals surface area contributed by atoms with E-state index in [1.165, 1.54) is 11.1 Å². The number of fused-ring (bicyclic) bond motifs is 2.